The molecule has 0 saturated carbocycles. The number of aromatic nitrogens is 2. The third-order valence-corrected chi connectivity index (χ3v) is 3.15. The Balaban J connectivity index is 2.59. The topological polar surface area (TPSA) is 55.1 Å². The van der Waals surface area contributed by atoms with E-state index in [0.29, 0.717) is 23.2 Å². The Morgan fingerprint density at radius 3 is 2.68 bits per heavy atom. The lowest BCUT2D eigenvalue weighted by atomic mass is 10.1. The van der Waals surface area contributed by atoms with Gasteiger partial charge in [0, 0.05) is 12.6 Å². The smallest absolute Gasteiger partial charge is 0.356 e. The highest BCUT2D eigenvalue weighted by Gasteiger charge is 2.15. The third kappa shape index (κ3) is 2.46. The molecular weight excluding hydrogens is 271 g/mol. The molecule has 0 fully saturated rings. The Morgan fingerprint density at radius 1 is 1.47 bits per heavy atom. The summed E-state index contributed by atoms with van der Waals surface area (Å²) in [7, 11) is 1.63. The van der Waals surface area contributed by atoms with E-state index in [1.165, 1.54) is 16.8 Å². The number of aromatic carboxylic acids is 1. The Kier molecular flexibility index (Phi) is 3.57. The van der Waals surface area contributed by atoms with E-state index >= 15 is 0 Å². The summed E-state index contributed by atoms with van der Waals surface area (Å²) in [6.45, 7) is 1.82. The number of rotatable bonds is 3. The van der Waals surface area contributed by atoms with Crippen molar-refractivity contribution in [1.82, 2.24) is 9.78 Å². The van der Waals surface area contributed by atoms with Crippen molar-refractivity contribution in [2.45, 2.75) is 13.3 Å². The maximum atomic E-state index is 13.7. The first-order valence-corrected chi connectivity index (χ1v) is 6.07. The van der Waals surface area contributed by atoms with Crippen molar-refractivity contribution in [3.8, 4) is 11.3 Å². The fraction of sp³-hybridized carbons (Fsp3) is 0.231. The van der Waals surface area contributed by atoms with Crippen LogP contribution in [0.3, 0.4) is 0 Å². The molecule has 0 radical (unpaired) electrons. The van der Waals surface area contributed by atoms with Crippen LogP contribution in [0, 0.1) is 5.82 Å². The SMILES string of the molecule is CCc1cc(-c2cc(C(=O)O)nn2C)cc(Cl)c1F. The van der Waals surface area contributed by atoms with Crippen LogP contribution in [0.25, 0.3) is 11.3 Å². The largest absolute Gasteiger partial charge is 0.476 e. The first-order valence-electron chi connectivity index (χ1n) is 5.69. The Morgan fingerprint density at radius 2 is 2.16 bits per heavy atom. The van der Waals surface area contributed by atoms with Gasteiger partial charge in [-0.05, 0) is 30.2 Å². The molecule has 0 aliphatic heterocycles. The van der Waals surface area contributed by atoms with Crippen LogP contribution < -0.4 is 0 Å². The van der Waals surface area contributed by atoms with Gasteiger partial charge in [-0.2, -0.15) is 5.10 Å². The highest BCUT2D eigenvalue weighted by atomic mass is 35.5. The average molecular weight is 283 g/mol. The molecule has 6 heteroatoms. The van der Waals surface area contributed by atoms with Gasteiger partial charge in [-0.3, -0.25) is 4.68 Å². The van der Waals surface area contributed by atoms with Gasteiger partial charge in [0.05, 0.1) is 10.7 Å². The first-order chi connectivity index (χ1) is 8.93. The summed E-state index contributed by atoms with van der Waals surface area (Å²) >= 11 is 5.85. The van der Waals surface area contributed by atoms with Crippen LogP contribution in [0.4, 0.5) is 4.39 Å². The quantitative estimate of drug-likeness (QED) is 0.941. The van der Waals surface area contributed by atoms with Crippen molar-refractivity contribution < 1.29 is 14.3 Å². The summed E-state index contributed by atoms with van der Waals surface area (Å²) in [5, 5.41) is 12.8. The zero-order valence-corrected chi connectivity index (χ0v) is 11.2. The summed E-state index contributed by atoms with van der Waals surface area (Å²) in [6, 6.07) is 4.56. The molecule has 0 aliphatic rings. The van der Waals surface area contributed by atoms with Gasteiger partial charge in [0.15, 0.2) is 5.69 Å². The van der Waals surface area contributed by atoms with Crippen LogP contribution in [0.15, 0.2) is 18.2 Å². The van der Waals surface area contributed by atoms with Crippen LogP contribution in [0.2, 0.25) is 5.02 Å². The number of hydrogen-bond donors (Lipinski definition) is 1. The molecule has 1 aromatic carbocycles. The minimum absolute atomic E-state index is 0.0208. The van der Waals surface area contributed by atoms with Gasteiger partial charge in [-0.1, -0.05) is 18.5 Å². The molecular formula is C13H12ClFN2O2. The van der Waals surface area contributed by atoms with Gasteiger partial charge in [0.25, 0.3) is 0 Å². The Hall–Kier alpha value is -1.88. The summed E-state index contributed by atoms with van der Waals surface area (Å²) in [5.74, 6) is -1.54. The fourth-order valence-corrected chi connectivity index (χ4v) is 2.13. The van der Waals surface area contributed by atoms with Crippen LogP contribution in [0.1, 0.15) is 23.0 Å². The molecule has 0 spiro atoms. The maximum absolute atomic E-state index is 13.7. The highest BCUT2D eigenvalue weighted by Crippen LogP contribution is 2.28. The Bertz CT molecular complexity index is 652. The monoisotopic (exact) mass is 282 g/mol. The number of benzene rings is 1. The molecule has 1 N–H and O–H groups in total. The molecule has 0 amide bonds. The van der Waals surface area contributed by atoms with Crippen molar-refractivity contribution in [3.63, 3.8) is 0 Å². The number of nitrogens with zero attached hydrogens (tertiary/aromatic N) is 2. The van der Waals surface area contributed by atoms with Crippen LogP contribution in [-0.2, 0) is 13.5 Å². The van der Waals surface area contributed by atoms with Gasteiger partial charge < -0.3 is 5.11 Å². The number of aryl methyl sites for hydroxylation is 2. The normalized spacial score (nSPS) is 10.7. The second kappa shape index (κ2) is 5.01. The van der Waals surface area contributed by atoms with E-state index in [0.717, 1.165) is 0 Å². The summed E-state index contributed by atoms with van der Waals surface area (Å²) in [5.41, 5.74) is 1.65. The van der Waals surface area contributed by atoms with E-state index in [-0.39, 0.29) is 10.7 Å². The molecule has 1 aromatic heterocycles. The molecule has 0 saturated heterocycles. The fourth-order valence-electron chi connectivity index (χ4n) is 1.89. The molecule has 4 nitrogen and oxygen atoms in total. The van der Waals surface area contributed by atoms with Crippen molar-refractivity contribution in [2.24, 2.45) is 7.05 Å². The van der Waals surface area contributed by atoms with Crippen LogP contribution >= 0.6 is 11.6 Å². The minimum atomic E-state index is -1.11. The van der Waals surface area contributed by atoms with E-state index in [1.807, 2.05) is 6.92 Å². The summed E-state index contributed by atoms with van der Waals surface area (Å²) in [4.78, 5) is 10.9. The van der Waals surface area contributed by atoms with Crippen molar-refractivity contribution in [3.05, 3.63) is 40.3 Å². The molecule has 2 rings (SSSR count). The van der Waals surface area contributed by atoms with Gasteiger partial charge in [0.2, 0.25) is 0 Å². The first kappa shape index (κ1) is 13.5. The van der Waals surface area contributed by atoms with E-state index in [2.05, 4.69) is 5.10 Å². The molecule has 0 aliphatic carbocycles. The van der Waals surface area contributed by atoms with Gasteiger partial charge >= 0.3 is 5.97 Å². The predicted molar refractivity (Wildman–Crippen MR) is 69.9 cm³/mol. The average Bonchev–Trinajstić information content (AvgIpc) is 2.75. The van der Waals surface area contributed by atoms with Crippen molar-refractivity contribution in [1.29, 1.82) is 0 Å². The molecule has 100 valence electrons. The molecule has 19 heavy (non-hydrogen) atoms. The number of carboxylic acids is 1. The molecule has 0 bridgehead atoms. The van der Waals surface area contributed by atoms with Gasteiger partial charge in [0.1, 0.15) is 5.82 Å². The van der Waals surface area contributed by atoms with E-state index in [1.54, 1.807) is 13.1 Å². The number of carboxylic acid groups (broad SMARTS) is 1. The Labute approximate surface area is 114 Å². The number of halogens is 2. The minimum Gasteiger partial charge on any atom is -0.476 e. The second-order valence-corrected chi connectivity index (χ2v) is 4.54. The molecule has 0 unspecified atom stereocenters. The molecule has 1 heterocycles. The van der Waals surface area contributed by atoms with Crippen LogP contribution in [0.5, 0.6) is 0 Å². The van der Waals surface area contributed by atoms with E-state index in [9.17, 15) is 9.18 Å². The number of carbonyl (C=O) groups is 1. The highest BCUT2D eigenvalue weighted by molar-refractivity contribution is 6.31. The third-order valence-electron chi connectivity index (χ3n) is 2.88. The summed E-state index contributed by atoms with van der Waals surface area (Å²) in [6.07, 6.45) is 0.503. The van der Waals surface area contributed by atoms with Gasteiger partial charge in [-0.25, -0.2) is 9.18 Å². The zero-order chi connectivity index (χ0) is 14.2. The van der Waals surface area contributed by atoms with Crippen LogP contribution in [-0.4, -0.2) is 20.9 Å². The zero-order valence-electron chi connectivity index (χ0n) is 10.4. The van der Waals surface area contributed by atoms with Gasteiger partial charge in [-0.15, -0.1) is 0 Å². The maximum Gasteiger partial charge on any atom is 0.356 e. The standard InChI is InChI=1S/C13H12ClFN2O2/c1-3-7-4-8(5-9(14)12(7)15)11-6-10(13(18)19)16-17(11)2/h4-6H,3H2,1-2H3,(H,18,19). The van der Waals surface area contributed by atoms with Crippen molar-refractivity contribution >= 4 is 17.6 Å². The van der Waals surface area contributed by atoms with E-state index < -0.39 is 11.8 Å². The predicted octanol–water partition coefficient (Wildman–Crippen LogP) is 3.14. The second-order valence-electron chi connectivity index (χ2n) is 4.13. The van der Waals surface area contributed by atoms with Crippen molar-refractivity contribution in [2.75, 3.05) is 0 Å². The number of hydrogen-bond acceptors (Lipinski definition) is 2. The lowest BCUT2D eigenvalue weighted by Crippen LogP contribution is -1.99. The van der Waals surface area contributed by atoms with E-state index in [4.69, 9.17) is 16.7 Å². The lowest BCUT2D eigenvalue weighted by Gasteiger charge is -2.07. The lowest BCUT2D eigenvalue weighted by molar-refractivity contribution is 0.0689. The summed E-state index contributed by atoms with van der Waals surface area (Å²) < 4.78 is 15.1. The molecule has 2 aromatic rings. The molecule has 0 atom stereocenters.